The summed E-state index contributed by atoms with van der Waals surface area (Å²) in [6.45, 7) is 4.45. The third kappa shape index (κ3) is 12.2. The largest absolute Gasteiger partial charge is 0.462 e. The quantitative estimate of drug-likeness (QED) is 0.0837. The SMILES string of the molecule is CC(C)OC(=O)CNP(=O)(OCC(CCl)OC(C)N(C)/C=C\C(=O)NC=O)Oc1ccccc1. The van der Waals surface area contributed by atoms with Crippen LogP contribution in [-0.2, 0) is 32.9 Å². The maximum atomic E-state index is 13.3. The van der Waals surface area contributed by atoms with Gasteiger partial charge in [-0.25, -0.2) is 9.65 Å². The summed E-state index contributed by atoms with van der Waals surface area (Å²) in [5, 5.41) is 4.47. The van der Waals surface area contributed by atoms with Crippen molar-refractivity contribution < 1.29 is 37.5 Å². The number of ether oxygens (including phenoxy) is 2. The van der Waals surface area contributed by atoms with Crippen LogP contribution in [0.5, 0.6) is 5.75 Å². The average molecular weight is 520 g/mol. The smallest absolute Gasteiger partial charge is 0.459 e. The summed E-state index contributed by atoms with van der Waals surface area (Å²) in [5.74, 6) is -0.951. The lowest BCUT2D eigenvalue weighted by Gasteiger charge is -2.28. The molecule has 0 spiro atoms. The van der Waals surface area contributed by atoms with Crippen LogP contribution >= 0.6 is 19.3 Å². The number of carbonyl (C=O) groups is 3. The highest BCUT2D eigenvalue weighted by Gasteiger charge is 2.30. The second-order valence-electron chi connectivity index (χ2n) is 7.19. The van der Waals surface area contributed by atoms with Gasteiger partial charge in [-0.3, -0.25) is 24.2 Å². The zero-order valence-corrected chi connectivity index (χ0v) is 21.2. The van der Waals surface area contributed by atoms with Crippen LogP contribution in [0.25, 0.3) is 0 Å². The number of hydrogen-bond donors (Lipinski definition) is 2. The number of alkyl halides is 1. The van der Waals surface area contributed by atoms with Gasteiger partial charge in [0.15, 0.2) is 0 Å². The summed E-state index contributed by atoms with van der Waals surface area (Å²) < 4.78 is 35.2. The lowest BCUT2D eigenvalue weighted by atomic mass is 10.3. The molecule has 0 aliphatic rings. The van der Waals surface area contributed by atoms with Gasteiger partial charge in [0, 0.05) is 19.3 Å². The molecule has 0 saturated carbocycles. The molecule has 190 valence electrons. The van der Waals surface area contributed by atoms with Gasteiger partial charge in [-0.05, 0) is 32.9 Å². The van der Waals surface area contributed by atoms with Crippen molar-refractivity contribution in [1.29, 1.82) is 0 Å². The number of esters is 1. The number of halogens is 1. The molecule has 0 aromatic heterocycles. The molecule has 11 nitrogen and oxygen atoms in total. The van der Waals surface area contributed by atoms with E-state index in [1.165, 1.54) is 6.20 Å². The zero-order valence-electron chi connectivity index (χ0n) is 19.5. The third-order valence-corrected chi connectivity index (χ3v) is 5.81. The number of hydrogen-bond acceptors (Lipinski definition) is 9. The van der Waals surface area contributed by atoms with Crippen LogP contribution in [0.1, 0.15) is 20.8 Å². The van der Waals surface area contributed by atoms with Crippen LogP contribution in [0.4, 0.5) is 0 Å². The second-order valence-corrected chi connectivity index (χ2v) is 9.25. The predicted molar refractivity (Wildman–Crippen MR) is 126 cm³/mol. The predicted octanol–water partition coefficient (Wildman–Crippen LogP) is 2.42. The van der Waals surface area contributed by atoms with Crippen LogP contribution in [0.2, 0.25) is 0 Å². The van der Waals surface area contributed by atoms with Crippen LogP contribution in [0.15, 0.2) is 42.6 Å². The number of nitrogens with zero attached hydrogens (tertiary/aromatic N) is 1. The summed E-state index contributed by atoms with van der Waals surface area (Å²) >= 11 is 5.99. The Kier molecular flexibility index (Phi) is 13.5. The molecule has 13 heteroatoms. The molecule has 2 N–H and O–H groups in total. The van der Waals surface area contributed by atoms with Crippen LogP contribution in [0.3, 0.4) is 0 Å². The molecule has 0 fully saturated rings. The van der Waals surface area contributed by atoms with Crippen LogP contribution in [0, 0.1) is 0 Å². The Morgan fingerprint density at radius 2 is 1.88 bits per heavy atom. The first-order valence-electron chi connectivity index (χ1n) is 10.4. The Hall–Kier alpha value is -2.43. The number of rotatable bonds is 16. The molecule has 1 aromatic rings. The number of amides is 2. The van der Waals surface area contributed by atoms with Crippen molar-refractivity contribution in [3.05, 3.63) is 42.6 Å². The third-order valence-electron chi connectivity index (χ3n) is 3.98. The van der Waals surface area contributed by atoms with E-state index < -0.39 is 38.5 Å². The van der Waals surface area contributed by atoms with Crippen molar-refractivity contribution in [3.8, 4) is 5.75 Å². The van der Waals surface area contributed by atoms with Crippen LogP contribution < -0.4 is 14.9 Å². The molecule has 0 aliphatic heterocycles. The van der Waals surface area contributed by atoms with Gasteiger partial charge in [-0.2, -0.15) is 0 Å². The van der Waals surface area contributed by atoms with Crippen molar-refractivity contribution in [2.75, 3.05) is 26.1 Å². The molecule has 3 unspecified atom stereocenters. The molecule has 0 aliphatic carbocycles. The topological polar surface area (TPSA) is 132 Å². The Bertz CT molecular complexity index is 856. The fraction of sp³-hybridized carbons (Fsp3) is 0.476. The number of nitrogens with one attached hydrogen (secondary N) is 2. The van der Waals surface area contributed by atoms with Crippen molar-refractivity contribution in [2.45, 2.75) is 39.2 Å². The van der Waals surface area contributed by atoms with Crippen molar-refractivity contribution in [2.24, 2.45) is 0 Å². The van der Waals surface area contributed by atoms with E-state index in [1.807, 2.05) is 5.32 Å². The monoisotopic (exact) mass is 519 g/mol. The Balaban J connectivity index is 2.78. The summed E-state index contributed by atoms with van der Waals surface area (Å²) in [6, 6.07) is 8.32. The Morgan fingerprint density at radius 3 is 2.47 bits per heavy atom. The van der Waals surface area contributed by atoms with E-state index in [4.69, 9.17) is 30.1 Å². The molecule has 1 rings (SSSR count). The van der Waals surface area contributed by atoms with E-state index in [2.05, 4.69) is 5.09 Å². The lowest BCUT2D eigenvalue weighted by Crippen LogP contribution is -2.35. The highest BCUT2D eigenvalue weighted by molar-refractivity contribution is 7.52. The molecule has 34 heavy (non-hydrogen) atoms. The minimum Gasteiger partial charge on any atom is -0.462 e. The molecule has 0 saturated heterocycles. The fourth-order valence-electron chi connectivity index (χ4n) is 2.28. The molecule has 3 atom stereocenters. The minimum atomic E-state index is -4.01. The van der Waals surface area contributed by atoms with Gasteiger partial charge in [-0.1, -0.05) is 18.2 Å². The van der Waals surface area contributed by atoms with Gasteiger partial charge >= 0.3 is 13.7 Å². The fourth-order valence-corrected chi connectivity index (χ4v) is 3.73. The molecular weight excluding hydrogens is 489 g/mol. The van der Waals surface area contributed by atoms with E-state index in [-0.39, 0.29) is 30.8 Å². The van der Waals surface area contributed by atoms with E-state index >= 15 is 0 Å². The number of imide groups is 1. The molecule has 2 amide bonds. The van der Waals surface area contributed by atoms with Crippen molar-refractivity contribution in [1.82, 2.24) is 15.3 Å². The van der Waals surface area contributed by atoms with Gasteiger partial charge in [0.05, 0.1) is 24.7 Å². The van der Waals surface area contributed by atoms with E-state index in [0.717, 1.165) is 6.08 Å². The first-order valence-corrected chi connectivity index (χ1v) is 12.5. The Morgan fingerprint density at radius 1 is 1.21 bits per heavy atom. The van der Waals surface area contributed by atoms with Gasteiger partial charge in [0.2, 0.25) is 6.41 Å². The summed E-state index contributed by atoms with van der Waals surface area (Å²) in [7, 11) is -2.36. The van der Waals surface area contributed by atoms with Crippen LogP contribution in [-0.4, -0.2) is 67.7 Å². The molecule has 0 bridgehead atoms. The first-order chi connectivity index (χ1) is 16.1. The highest BCUT2D eigenvalue weighted by Crippen LogP contribution is 2.44. The molecule has 0 radical (unpaired) electrons. The second kappa shape index (κ2) is 15.5. The maximum Gasteiger partial charge on any atom is 0.459 e. The normalized spacial score (nSPS) is 14.8. The van der Waals surface area contributed by atoms with Gasteiger partial charge in [-0.15, -0.1) is 11.6 Å². The Labute approximate surface area is 204 Å². The van der Waals surface area contributed by atoms with E-state index in [1.54, 1.807) is 63.1 Å². The minimum absolute atomic E-state index is 0.00570. The highest BCUT2D eigenvalue weighted by atomic mass is 35.5. The zero-order chi connectivity index (χ0) is 25.6. The summed E-state index contributed by atoms with van der Waals surface area (Å²) in [5.41, 5.74) is 0. The van der Waals surface area contributed by atoms with Gasteiger partial charge in [0.1, 0.15) is 18.5 Å². The van der Waals surface area contributed by atoms with E-state index in [9.17, 15) is 18.9 Å². The van der Waals surface area contributed by atoms with Gasteiger partial charge < -0.3 is 18.9 Å². The molecule has 1 aromatic carbocycles. The standard InChI is InChI=1S/C21H31ClN3O8P/c1-16(2)31-21(28)13-24-34(29,33-18-8-6-5-7-9-18)30-14-19(12-22)32-17(3)25(4)11-10-20(27)23-15-26/h5-11,15-17,19H,12-14H2,1-4H3,(H,24,29)(H,23,26,27)/b11-10-. The maximum absolute atomic E-state index is 13.3. The first kappa shape index (κ1) is 29.6. The molecular formula is C21H31ClN3O8P. The van der Waals surface area contributed by atoms with Crippen molar-refractivity contribution >= 4 is 37.6 Å². The van der Waals surface area contributed by atoms with E-state index in [0.29, 0.717) is 0 Å². The summed E-state index contributed by atoms with van der Waals surface area (Å²) in [4.78, 5) is 35.1. The number of para-hydroxylation sites is 1. The molecule has 0 heterocycles. The summed E-state index contributed by atoms with van der Waals surface area (Å²) in [6.07, 6.45) is 1.24. The average Bonchev–Trinajstić information content (AvgIpc) is 2.79. The number of carbonyl (C=O) groups excluding carboxylic acids is 3. The lowest BCUT2D eigenvalue weighted by molar-refractivity contribution is -0.146. The number of benzene rings is 1. The van der Waals surface area contributed by atoms with Crippen molar-refractivity contribution in [3.63, 3.8) is 0 Å². The van der Waals surface area contributed by atoms with Gasteiger partial charge in [0.25, 0.3) is 5.91 Å².